The van der Waals surface area contributed by atoms with E-state index < -0.39 is 5.91 Å². The number of benzene rings is 3. The van der Waals surface area contributed by atoms with Crippen LogP contribution in [-0.4, -0.2) is 37.3 Å². The number of aromatic nitrogens is 1. The Balaban J connectivity index is 1.51. The molecule has 0 saturated heterocycles. The molecule has 0 aliphatic heterocycles. The number of nitrogens with one attached hydrogen (secondary N) is 2. The highest BCUT2D eigenvalue weighted by molar-refractivity contribution is 9.10. The van der Waals surface area contributed by atoms with Crippen molar-refractivity contribution in [3.8, 4) is 28.7 Å². The lowest BCUT2D eigenvalue weighted by Crippen LogP contribution is -2.34. The third-order valence-electron chi connectivity index (χ3n) is 4.91. The van der Waals surface area contributed by atoms with E-state index in [-0.39, 0.29) is 5.11 Å². The number of anilines is 1. The van der Waals surface area contributed by atoms with Crippen LogP contribution >= 0.6 is 28.1 Å². The molecule has 4 rings (SSSR count). The molecule has 8 nitrogen and oxygen atoms in total. The normalized spacial score (nSPS) is 10.6. The Morgan fingerprint density at radius 3 is 2.41 bits per heavy atom. The number of methoxy groups -OCH3 is 3. The van der Waals surface area contributed by atoms with Crippen LogP contribution in [0.15, 0.2) is 63.5 Å². The number of amides is 1. The van der Waals surface area contributed by atoms with Crippen molar-refractivity contribution in [1.29, 1.82) is 0 Å². The maximum absolute atomic E-state index is 12.7. The molecule has 0 atom stereocenters. The standard InChI is InChI=1S/C24H20BrN3O5S/c1-30-18-8-5-14(25)11-16(18)22(29)28-24(34)26-15-6-9-19-17(12-15)27-23(33-19)13-4-7-20(31-2)21(10-13)32-3/h4-12H,1-3H3,(H2,26,28,29,34). The first-order valence-electron chi connectivity index (χ1n) is 10.0. The summed E-state index contributed by atoms with van der Waals surface area (Å²) >= 11 is 8.67. The molecule has 0 aliphatic rings. The molecule has 0 unspecified atom stereocenters. The summed E-state index contributed by atoms with van der Waals surface area (Å²) in [5.74, 6) is 1.67. The summed E-state index contributed by atoms with van der Waals surface area (Å²) in [5.41, 5.74) is 2.97. The average molecular weight is 542 g/mol. The minimum Gasteiger partial charge on any atom is -0.496 e. The van der Waals surface area contributed by atoms with Crippen molar-refractivity contribution >= 4 is 56.0 Å². The zero-order valence-corrected chi connectivity index (χ0v) is 20.9. The molecule has 0 aliphatic carbocycles. The van der Waals surface area contributed by atoms with Gasteiger partial charge < -0.3 is 23.9 Å². The number of hydrogen-bond donors (Lipinski definition) is 2. The van der Waals surface area contributed by atoms with Gasteiger partial charge in [0.2, 0.25) is 5.89 Å². The molecule has 4 aromatic rings. The minimum atomic E-state index is -0.395. The molecular formula is C24H20BrN3O5S. The van der Waals surface area contributed by atoms with E-state index in [4.69, 9.17) is 30.8 Å². The predicted octanol–water partition coefficient (Wildman–Crippen LogP) is 5.41. The Morgan fingerprint density at radius 1 is 0.941 bits per heavy atom. The van der Waals surface area contributed by atoms with Gasteiger partial charge >= 0.3 is 0 Å². The van der Waals surface area contributed by atoms with Crippen molar-refractivity contribution in [2.45, 2.75) is 0 Å². The number of fused-ring (bicyclic) bond motifs is 1. The van der Waals surface area contributed by atoms with Crippen LogP contribution < -0.4 is 24.8 Å². The van der Waals surface area contributed by atoms with Gasteiger partial charge in [-0.2, -0.15) is 0 Å². The van der Waals surface area contributed by atoms with Crippen molar-refractivity contribution < 1.29 is 23.4 Å². The highest BCUT2D eigenvalue weighted by atomic mass is 79.9. The molecule has 10 heteroatoms. The Hall–Kier alpha value is -3.63. The molecule has 0 saturated carbocycles. The Bertz CT molecular complexity index is 1390. The van der Waals surface area contributed by atoms with Crippen LogP contribution in [0.2, 0.25) is 0 Å². The van der Waals surface area contributed by atoms with Gasteiger partial charge in [0.15, 0.2) is 22.2 Å². The van der Waals surface area contributed by atoms with E-state index in [0.29, 0.717) is 45.5 Å². The average Bonchev–Trinajstić information content (AvgIpc) is 3.26. The van der Waals surface area contributed by atoms with Gasteiger partial charge in [-0.15, -0.1) is 0 Å². The fraction of sp³-hybridized carbons (Fsp3) is 0.125. The zero-order chi connectivity index (χ0) is 24.2. The van der Waals surface area contributed by atoms with E-state index >= 15 is 0 Å². The Kier molecular flexibility index (Phi) is 6.99. The first-order chi connectivity index (χ1) is 16.4. The van der Waals surface area contributed by atoms with Crippen LogP contribution in [0.5, 0.6) is 17.2 Å². The third-order valence-corrected chi connectivity index (χ3v) is 5.61. The molecule has 1 amide bonds. The van der Waals surface area contributed by atoms with Crippen LogP contribution in [0.1, 0.15) is 10.4 Å². The van der Waals surface area contributed by atoms with Gasteiger partial charge in [0.25, 0.3) is 5.91 Å². The number of thiocarbonyl (C=S) groups is 1. The maximum Gasteiger partial charge on any atom is 0.261 e. The first kappa shape index (κ1) is 23.5. The predicted molar refractivity (Wildman–Crippen MR) is 137 cm³/mol. The fourth-order valence-corrected chi connectivity index (χ4v) is 3.86. The van der Waals surface area contributed by atoms with E-state index in [1.54, 1.807) is 62.8 Å². The molecule has 1 heterocycles. The first-order valence-corrected chi connectivity index (χ1v) is 11.2. The molecule has 0 bridgehead atoms. The molecule has 1 aromatic heterocycles. The van der Waals surface area contributed by atoms with Crippen molar-refractivity contribution in [3.63, 3.8) is 0 Å². The molecule has 34 heavy (non-hydrogen) atoms. The molecule has 0 fully saturated rings. The summed E-state index contributed by atoms with van der Waals surface area (Å²) < 4.78 is 22.5. The summed E-state index contributed by atoms with van der Waals surface area (Å²) in [6.07, 6.45) is 0. The van der Waals surface area contributed by atoms with Crippen molar-refractivity contribution in [2.75, 3.05) is 26.6 Å². The number of rotatable bonds is 6. The summed E-state index contributed by atoms with van der Waals surface area (Å²) in [6, 6.07) is 15.9. The second kappa shape index (κ2) is 10.1. The smallest absolute Gasteiger partial charge is 0.261 e. The lowest BCUT2D eigenvalue weighted by atomic mass is 10.2. The van der Waals surface area contributed by atoms with Crippen LogP contribution in [0.3, 0.4) is 0 Å². The molecule has 2 N–H and O–H groups in total. The van der Waals surface area contributed by atoms with E-state index in [1.165, 1.54) is 7.11 Å². The third kappa shape index (κ3) is 4.97. The molecular weight excluding hydrogens is 522 g/mol. The van der Waals surface area contributed by atoms with E-state index in [9.17, 15) is 4.79 Å². The quantitative estimate of drug-likeness (QED) is 0.313. The molecule has 3 aromatic carbocycles. The van der Waals surface area contributed by atoms with Gasteiger partial charge in [-0.05, 0) is 66.8 Å². The Labute approximate surface area is 209 Å². The van der Waals surface area contributed by atoms with Crippen molar-refractivity contribution in [3.05, 3.63) is 64.6 Å². The number of carbonyl (C=O) groups excluding carboxylic acids is 1. The van der Waals surface area contributed by atoms with Gasteiger partial charge in [-0.1, -0.05) is 15.9 Å². The summed E-state index contributed by atoms with van der Waals surface area (Å²) in [5, 5.41) is 5.79. The summed E-state index contributed by atoms with van der Waals surface area (Å²) in [7, 11) is 4.65. The summed E-state index contributed by atoms with van der Waals surface area (Å²) in [6.45, 7) is 0. The van der Waals surface area contributed by atoms with E-state index in [2.05, 4.69) is 31.5 Å². The van der Waals surface area contributed by atoms with E-state index in [1.807, 2.05) is 6.07 Å². The fourth-order valence-electron chi connectivity index (χ4n) is 3.29. The number of hydrogen-bond acceptors (Lipinski definition) is 7. The molecule has 174 valence electrons. The highest BCUT2D eigenvalue weighted by Gasteiger charge is 2.16. The van der Waals surface area contributed by atoms with Gasteiger partial charge in [-0.25, -0.2) is 4.98 Å². The van der Waals surface area contributed by atoms with Crippen LogP contribution in [0.25, 0.3) is 22.6 Å². The second-order valence-corrected chi connectivity index (χ2v) is 8.35. The van der Waals surface area contributed by atoms with Crippen molar-refractivity contribution in [1.82, 2.24) is 10.3 Å². The maximum atomic E-state index is 12.7. The van der Waals surface area contributed by atoms with Crippen LogP contribution in [0, 0.1) is 0 Å². The highest BCUT2D eigenvalue weighted by Crippen LogP contribution is 2.33. The number of nitrogens with zero attached hydrogens (tertiary/aromatic N) is 1. The molecule has 0 radical (unpaired) electrons. The number of carbonyl (C=O) groups is 1. The van der Waals surface area contributed by atoms with Crippen LogP contribution in [0.4, 0.5) is 5.69 Å². The van der Waals surface area contributed by atoms with Gasteiger partial charge in [-0.3, -0.25) is 10.1 Å². The SMILES string of the molecule is COc1ccc(-c2nc3cc(NC(=S)NC(=O)c4cc(Br)ccc4OC)ccc3o2)cc1OC. The number of ether oxygens (including phenoxy) is 3. The lowest BCUT2D eigenvalue weighted by Gasteiger charge is -2.12. The summed E-state index contributed by atoms with van der Waals surface area (Å²) in [4.78, 5) is 17.2. The van der Waals surface area contributed by atoms with Gasteiger partial charge in [0.1, 0.15) is 11.3 Å². The topological polar surface area (TPSA) is 94.9 Å². The Morgan fingerprint density at radius 2 is 1.68 bits per heavy atom. The van der Waals surface area contributed by atoms with Gasteiger partial charge in [0, 0.05) is 15.7 Å². The minimum absolute atomic E-state index is 0.134. The van der Waals surface area contributed by atoms with Crippen LogP contribution in [-0.2, 0) is 0 Å². The number of halogens is 1. The van der Waals surface area contributed by atoms with Gasteiger partial charge in [0.05, 0.1) is 26.9 Å². The lowest BCUT2D eigenvalue weighted by molar-refractivity contribution is 0.0974. The largest absolute Gasteiger partial charge is 0.496 e. The second-order valence-electron chi connectivity index (χ2n) is 7.02. The van der Waals surface area contributed by atoms with Crippen molar-refractivity contribution in [2.24, 2.45) is 0 Å². The number of oxazole rings is 1. The van der Waals surface area contributed by atoms with E-state index in [0.717, 1.165) is 10.0 Å². The molecule has 0 spiro atoms. The zero-order valence-electron chi connectivity index (χ0n) is 18.5. The monoisotopic (exact) mass is 541 g/mol.